The van der Waals surface area contributed by atoms with Gasteiger partial charge in [0.2, 0.25) is 0 Å². The van der Waals surface area contributed by atoms with E-state index in [-0.39, 0.29) is 0 Å². The average molecular weight is 234 g/mol. The van der Waals surface area contributed by atoms with E-state index in [9.17, 15) is 0 Å². The predicted molar refractivity (Wildman–Crippen MR) is 70.4 cm³/mol. The average Bonchev–Trinajstić information content (AvgIpc) is 2.33. The fourth-order valence-corrected chi connectivity index (χ4v) is 2.55. The topological polar surface area (TPSA) is 34.1 Å². The molecule has 0 amide bonds. The summed E-state index contributed by atoms with van der Waals surface area (Å²) in [6.07, 6.45) is 5.19. The van der Waals surface area contributed by atoms with Crippen LogP contribution in [0.15, 0.2) is 12.1 Å². The molecule has 1 N–H and O–H groups in total. The zero-order valence-corrected chi connectivity index (χ0v) is 11.0. The van der Waals surface area contributed by atoms with Crippen molar-refractivity contribution in [2.75, 3.05) is 12.4 Å². The maximum absolute atomic E-state index is 5.45. The van der Waals surface area contributed by atoms with Crippen LogP contribution >= 0.6 is 0 Å². The molecule has 0 aliphatic heterocycles. The first-order chi connectivity index (χ1) is 8.19. The lowest BCUT2D eigenvalue weighted by atomic mass is 9.92. The van der Waals surface area contributed by atoms with Gasteiger partial charge in [0, 0.05) is 18.8 Å². The first-order valence-electron chi connectivity index (χ1n) is 6.42. The first-order valence-corrected chi connectivity index (χ1v) is 6.42. The van der Waals surface area contributed by atoms with Gasteiger partial charge in [-0.3, -0.25) is 4.98 Å². The van der Waals surface area contributed by atoms with Crippen LogP contribution in [-0.4, -0.2) is 24.2 Å². The largest absolute Gasteiger partial charge is 0.381 e. The van der Waals surface area contributed by atoms with Gasteiger partial charge < -0.3 is 10.1 Å². The Kier molecular flexibility index (Phi) is 4.00. The van der Waals surface area contributed by atoms with Gasteiger partial charge in [0.05, 0.1) is 17.5 Å². The highest BCUT2D eigenvalue weighted by atomic mass is 16.5. The van der Waals surface area contributed by atoms with E-state index in [1.54, 1.807) is 0 Å². The van der Waals surface area contributed by atoms with E-state index in [2.05, 4.69) is 29.4 Å². The monoisotopic (exact) mass is 234 g/mol. The molecule has 0 radical (unpaired) electrons. The molecular weight excluding hydrogens is 212 g/mol. The summed E-state index contributed by atoms with van der Waals surface area (Å²) in [7, 11) is 1.81. The number of ether oxygens (including phenoxy) is 1. The molecule has 17 heavy (non-hydrogen) atoms. The van der Waals surface area contributed by atoms with Gasteiger partial charge in [0.15, 0.2) is 0 Å². The van der Waals surface area contributed by atoms with Crippen LogP contribution in [-0.2, 0) is 4.74 Å². The minimum atomic E-state index is 0.417. The van der Waals surface area contributed by atoms with Crippen LogP contribution in [0.3, 0.4) is 0 Å². The second-order valence-electron chi connectivity index (χ2n) is 4.95. The Labute approximate surface area is 104 Å². The summed E-state index contributed by atoms with van der Waals surface area (Å²) in [5, 5.41) is 3.60. The molecule has 3 heteroatoms. The van der Waals surface area contributed by atoms with Crippen molar-refractivity contribution in [2.45, 2.75) is 51.7 Å². The summed E-state index contributed by atoms with van der Waals surface area (Å²) < 4.78 is 5.45. The van der Waals surface area contributed by atoms with Crippen LogP contribution in [0.1, 0.15) is 37.1 Å². The number of aryl methyl sites for hydroxylation is 2. The molecule has 1 aromatic rings. The highest BCUT2D eigenvalue weighted by molar-refractivity contribution is 5.48. The van der Waals surface area contributed by atoms with Gasteiger partial charge in [0.1, 0.15) is 0 Å². The van der Waals surface area contributed by atoms with Crippen LogP contribution < -0.4 is 5.32 Å². The van der Waals surface area contributed by atoms with Crippen molar-refractivity contribution in [1.29, 1.82) is 0 Å². The van der Waals surface area contributed by atoms with E-state index in [0.29, 0.717) is 12.1 Å². The first kappa shape index (κ1) is 12.4. The van der Waals surface area contributed by atoms with Crippen molar-refractivity contribution in [3.05, 3.63) is 23.5 Å². The Morgan fingerprint density at radius 1 is 1.29 bits per heavy atom. The predicted octanol–water partition coefficient (Wildman–Crippen LogP) is 3.07. The van der Waals surface area contributed by atoms with E-state index in [0.717, 1.165) is 23.5 Å². The molecule has 1 aliphatic rings. The molecule has 94 valence electrons. The van der Waals surface area contributed by atoms with Crippen LogP contribution in [0.25, 0.3) is 0 Å². The highest BCUT2D eigenvalue weighted by Crippen LogP contribution is 2.24. The van der Waals surface area contributed by atoms with Gasteiger partial charge in [0.25, 0.3) is 0 Å². The molecule has 1 aliphatic carbocycles. The molecule has 1 aromatic heterocycles. The number of rotatable bonds is 3. The number of anilines is 1. The number of methoxy groups -OCH3 is 1. The van der Waals surface area contributed by atoms with Crippen LogP contribution in [0, 0.1) is 13.8 Å². The maximum Gasteiger partial charge on any atom is 0.0606 e. The Morgan fingerprint density at radius 2 is 2.12 bits per heavy atom. The number of hydrogen-bond donors (Lipinski definition) is 1. The number of nitrogens with zero attached hydrogens (tertiary/aromatic N) is 1. The number of pyridine rings is 1. The second-order valence-corrected chi connectivity index (χ2v) is 4.95. The summed E-state index contributed by atoms with van der Waals surface area (Å²) >= 11 is 0. The number of nitrogens with one attached hydrogen (secondary N) is 1. The van der Waals surface area contributed by atoms with Crippen LogP contribution in [0.2, 0.25) is 0 Å². The summed E-state index contributed by atoms with van der Waals surface area (Å²) in [6, 6.07) is 4.72. The molecular formula is C14H22N2O. The molecule has 1 saturated carbocycles. The Bertz CT molecular complexity index is 378. The summed E-state index contributed by atoms with van der Waals surface area (Å²) in [5.74, 6) is 0. The van der Waals surface area contributed by atoms with Crippen molar-refractivity contribution in [2.24, 2.45) is 0 Å². The van der Waals surface area contributed by atoms with Gasteiger partial charge in [-0.2, -0.15) is 0 Å². The van der Waals surface area contributed by atoms with Gasteiger partial charge in [-0.15, -0.1) is 0 Å². The van der Waals surface area contributed by atoms with Crippen molar-refractivity contribution < 1.29 is 4.74 Å². The molecule has 2 rings (SSSR count). The lowest BCUT2D eigenvalue weighted by molar-refractivity contribution is 0.0669. The Hall–Kier alpha value is -1.09. The van der Waals surface area contributed by atoms with E-state index < -0.39 is 0 Å². The maximum atomic E-state index is 5.45. The van der Waals surface area contributed by atoms with E-state index in [1.165, 1.54) is 19.3 Å². The molecule has 0 aromatic carbocycles. The normalized spacial score (nSPS) is 24.6. The minimum Gasteiger partial charge on any atom is -0.381 e. The van der Waals surface area contributed by atoms with Crippen molar-refractivity contribution in [3.8, 4) is 0 Å². The third-order valence-corrected chi connectivity index (χ3v) is 3.54. The lowest BCUT2D eigenvalue weighted by Gasteiger charge is -2.29. The fraction of sp³-hybridized carbons (Fsp3) is 0.643. The van der Waals surface area contributed by atoms with Gasteiger partial charge in [-0.25, -0.2) is 0 Å². The Balaban J connectivity index is 2.00. The summed E-state index contributed by atoms with van der Waals surface area (Å²) in [6.45, 7) is 4.09. The number of hydrogen-bond acceptors (Lipinski definition) is 3. The van der Waals surface area contributed by atoms with Gasteiger partial charge in [-0.05, 0) is 51.7 Å². The molecule has 0 spiro atoms. The molecule has 0 bridgehead atoms. The molecule has 2 atom stereocenters. The minimum absolute atomic E-state index is 0.417. The lowest BCUT2D eigenvalue weighted by Crippen LogP contribution is -2.31. The Morgan fingerprint density at radius 3 is 2.82 bits per heavy atom. The highest BCUT2D eigenvalue weighted by Gasteiger charge is 2.21. The van der Waals surface area contributed by atoms with Crippen molar-refractivity contribution in [3.63, 3.8) is 0 Å². The molecule has 2 unspecified atom stereocenters. The van der Waals surface area contributed by atoms with Gasteiger partial charge >= 0.3 is 0 Å². The van der Waals surface area contributed by atoms with Crippen molar-refractivity contribution >= 4 is 5.69 Å². The SMILES string of the molecule is COC1CCCC(Nc2ccc(C)nc2C)C1. The van der Waals surface area contributed by atoms with Crippen molar-refractivity contribution in [1.82, 2.24) is 4.98 Å². The third kappa shape index (κ3) is 3.19. The standard InChI is InChI=1S/C14H22N2O/c1-10-7-8-14(11(2)15-10)16-12-5-4-6-13(9-12)17-3/h7-8,12-13,16H,4-6,9H2,1-3H3. The summed E-state index contributed by atoms with van der Waals surface area (Å²) in [5.41, 5.74) is 3.33. The molecule has 1 fully saturated rings. The smallest absolute Gasteiger partial charge is 0.0606 e. The molecule has 0 saturated heterocycles. The van der Waals surface area contributed by atoms with E-state index in [1.807, 2.05) is 14.0 Å². The third-order valence-electron chi connectivity index (χ3n) is 3.54. The zero-order chi connectivity index (χ0) is 12.3. The second kappa shape index (κ2) is 5.50. The number of aromatic nitrogens is 1. The zero-order valence-electron chi connectivity index (χ0n) is 11.0. The van der Waals surface area contributed by atoms with Gasteiger partial charge in [-0.1, -0.05) is 0 Å². The summed E-state index contributed by atoms with van der Waals surface area (Å²) in [4.78, 5) is 4.48. The van der Waals surface area contributed by atoms with Crippen LogP contribution in [0.5, 0.6) is 0 Å². The van der Waals surface area contributed by atoms with Crippen LogP contribution in [0.4, 0.5) is 5.69 Å². The molecule has 1 heterocycles. The van der Waals surface area contributed by atoms with E-state index in [4.69, 9.17) is 4.74 Å². The van der Waals surface area contributed by atoms with E-state index >= 15 is 0 Å². The quantitative estimate of drug-likeness (QED) is 0.872. The fourth-order valence-electron chi connectivity index (χ4n) is 2.55. The molecule has 3 nitrogen and oxygen atoms in total.